The maximum Gasteiger partial charge on any atom is 0.256 e. The number of halogens is 1. The van der Waals surface area contributed by atoms with Gasteiger partial charge in [0, 0.05) is 16.6 Å². The Kier molecular flexibility index (Phi) is 6.14. The molecular formula is C25H21ClN2O4. The minimum atomic E-state index is -0.272. The molecule has 6 nitrogen and oxygen atoms in total. The number of anilines is 1. The molecule has 4 aromatic rings. The number of methoxy groups -OCH3 is 3. The minimum absolute atomic E-state index is 0.272. The molecule has 0 atom stereocenters. The Bertz CT molecular complexity index is 1310. The first-order valence-corrected chi connectivity index (χ1v) is 10.2. The van der Waals surface area contributed by atoms with Gasteiger partial charge in [-0.2, -0.15) is 0 Å². The first-order chi connectivity index (χ1) is 15.5. The topological polar surface area (TPSA) is 69.7 Å². The molecule has 3 aromatic carbocycles. The van der Waals surface area contributed by atoms with Crippen LogP contribution in [0.25, 0.3) is 22.2 Å². The number of carbonyl (C=O) groups is 1. The van der Waals surface area contributed by atoms with E-state index in [2.05, 4.69) is 5.32 Å². The van der Waals surface area contributed by atoms with Gasteiger partial charge >= 0.3 is 0 Å². The maximum absolute atomic E-state index is 13.2. The lowest BCUT2D eigenvalue weighted by molar-refractivity contribution is 0.102. The van der Waals surface area contributed by atoms with Crippen molar-refractivity contribution in [3.63, 3.8) is 0 Å². The molecule has 0 fully saturated rings. The summed E-state index contributed by atoms with van der Waals surface area (Å²) in [6.07, 6.45) is 0. The van der Waals surface area contributed by atoms with Gasteiger partial charge in [0.1, 0.15) is 5.75 Å². The molecule has 1 heterocycles. The first-order valence-electron chi connectivity index (χ1n) is 9.81. The van der Waals surface area contributed by atoms with Gasteiger partial charge in [-0.15, -0.1) is 0 Å². The smallest absolute Gasteiger partial charge is 0.256 e. The normalized spacial score (nSPS) is 10.6. The first kappa shape index (κ1) is 21.5. The predicted molar refractivity (Wildman–Crippen MR) is 126 cm³/mol. The van der Waals surface area contributed by atoms with Gasteiger partial charge in [0.25, 0.3) is 5.91 Å². The molecule has 4 rings (SSSR count). The van der Waals surface area contributed by atoms with E-state index in [0.29, 0.717) is 44.7 Å². The Hall–Kier alpha value is -3.77. The zero-order chi connectivity index (χ0) is 22.7. The molecule has 1 N–H and O–H groups in total. The average molecular weight is 449 g/mol. The number of rotatable bonds is 6. The van der Waals surface area contributed by atoms with Crippen LogP contribution in [-0.4, -0.2) is 32.2 Å². The number of para-hydroxylation sites is 1. The predicted octanol–water partition coefficient (Wildman–Crippen LogP) is 5.83. The van der Waals surface area contributed by atoms with Crippen molar-refractivity contribution in [2.24, 2.45) is 0 Å². The van der Waals surface area contributed by atoms with E-state index in [4.69, 9.17) is 30.8 Å². The SMILES string of the molecule is COc1ccc(NC(=O)c2cc(-c3ccc(OC)c(OC)c3)nc3ccccc23)cc1Cl. The van der Waals surface area contributed by atoms with Crippen LogP contribution < -0.4 is 19.5 Å². The fourth-order valence-corrected chi connectivity index (χ4v) is 3.71. The molecule has 1 amide bonds. The van der Waals surface area contributed by atoms with Crippen LogP contribution in [0.2, 0.25) is 5.02 Å². The second-order valence-electron chi connectivity index (χ2n) is 6.95. The lowest BCUT2D eigenvalue weighted by atomic mass is 10.0. The van der Waals surface area contributed by atoms with Gasteiger partial charge in [-0.05, 0) is 48.5 Å². The molecule has 0 aliphatic rings. The van der Waals surface area contributed by atoms with Crippen molar-refractivity contribution in [1.29, 1.82) is 0 Å². The molecule has 0 bridgehead atoms. The van der Waals surface area contributed by atoms with Gasteiger partial charge in [0.05, 0.1) is 43.1 Å². The van der Waals surface area contributed by atoms with Gasteiger partial charge in [-0.3, -0.25) is 4.79 Å². The zero-order valence-corrected chi connectivity index (χ0v) is 18.6. The summed E-state index contributed by atoms with van der Waals surface area (Å²) in [6, 6.07) is 19.9. The Morgan fingerprint density at radius 1 is 0.844 bits per heavy atom. The highest BCUT2D eigenvalue weighted by atomic mass is 35.5. The summed E-state index contributed by atoms with van der Waals surface area (Å²) in [5, 5.41) is 4.07. The minimum Gasteiger partial charge on any atom is -0.495 e. The van der Waals surface area contributed by atoms with E-state index in [0.717, 1.165) is 10.9 Å². The maximum atomic E-state index is 13.2. The molecular weight excluding hydrogens is 428 g/mol. The zero-order valence-electron chi connectivity index (χ0n) is 17.8. The fourth-order valence-electron chi connectivity index (χ4n) is 3.45. The molecule has 32 heavy (non-hydrogen) atoms. The summed E-state index contributed by atoms with van der Waals surface area (Å²) in [5.74, 6) is 1.46. The molecule has 0 unspecified atom stereocenters. The number of hydrogen-bond acceptors (Lipinski definition) is 5. The van der Waals surface area contributed by atoms with Crippen molar-refractivity contribution in [2.75, 3.05) is 26.6 Å². The molecule has 0 aliphatic heterocycles. The van der Waals surface area contributed by atoms with Crippen LogP contribution in [-0.2, 0) is 0 Å². The average Bonchev–Trinajstić information content (AvgIpc) is 2.83. The fraction of sp³-hybridized carbons (Fsp3) is 0.120. The van der Waals surface area contributed by atoms with Crippen LogP contribution in [0.4, 0.5) is 5.69 Å². The number of amides is 1. The van der Waals surface area contributed by atoms with Crippen LogP contribution in [0.3, 0.4) is 0 Å². The van der Waals surface area contributed by atoms with Gasteiger partial charge in [-0.25, -0.2) is 4.98 Å². The summed E-state index contributed by atoms with van der Waals surface area (Å²) in [7, 11) is 4.70. The highest BCUT2D eigenvalue weighted by Crippen LogP contribution is 2.33. The van der Waals surface area contributed by atoms with Crippen LogP contribution in [0.5, 0.6) is 17.2 Å². The molecule has 1 aromatic heterocycles. The molecule has 0 saturated carbocycles. The van der Waals surface area contributed by atoms with Gasteiger partial charge < -0.3 is 19.5 Å². The highest BCUT2D eigenvalue weighted by molar-refractivity contribution is 6.32. The van der Waals surface area contributed by atoms with Crippen molar-refractivity contribution in [1.82, 2.24) is 4.98 Å². The quantitative estimate of drug-likeness (QED) is 0.401. The van der Waals surface area contributed by atoms with Crippen molar-refractivity contribution < 1.29 is 19.0 Å². The summed E-state index contributed by atoms with van der Waals surface area (Å²) >= 11 is 6.20. The number of carbonyl (C=O) groups excluding carboxylic acids is 1. The van der Waals surface area contributed by atoms with E-state index < -0.39 is 0 Å². The van der Waals surface area contributed by atoms with E-state index in [1.54, 1.807) is 38.5 Å². The standard InChI is InChI=1S/C25H21ClN2O4/c1-30-22-11-9-16(13-19(22)26)27-25(29)18-14-21(28-20-7-5-4-6-17(18)20)15-8-10-23(31-2)24(12-15)32-3/h4-14H,1-3H3,(H,27,29). The van der Waals surface area contributed by atoms with Gasteiger partial charge in [0.15, 0.2) is 11.5 Å². The third kappa shape index (κ3) is 4.18. The Balaban J connectivity index is 1.77. The molecule has 0 radical (unpaired) electrons. The van der Waals surface area contributed by atoms with Gasteiger partial charge in [-0.1, -0.05) is 29.8 Å². The van der Waals surface area contributed by atoms with E-state index in [1.807, 2.05) is 42.5 Å². The van der Waals surface area contributed by atoms with Crippen molar-refractivity contribution >= 4 is 34.1 Å². The summed E-state index contributed by atoms with van der Waals surface area (Å²) in [6.45, 7) is 0. The molecule has 0 spiro atoms. The van der Waals surface area contributed by atoms with Crippen molar-refractivity contribution in [3.05, 3.63) is 77.3 Å². The van der Waals surface area contributed by atoms with Crippen LogP contribution >= 0.6 is 11.6 Å². The number of aromatic nitrogens is 1. The van der Waals surface area contributed by atoms with Crippen LogP contribution in [0.1, 0.15) is 10.4 Å². The number of pyridine rings is 1. The van der Waals surface area contributed by atoms with Gasteiger partial charge in [0.2, 0.25) is 0 Å². The third-order valence-electron chi connectivity index (χ3n) is 5.05. The molecule has 0 aliphatic carbocycles. The van der Waals surface area contributed by atoms with Crippen LogP contribution in [0, 0.1) is 0 Å². The van der Waals surface area contributed by atoms with Crippen molar-refractivity contribution in [3.8, 4) is 28.5 Å². The van der Waals surface area contributed by atoms with Crippen molar-refractivity contribution in [2.45, 2.75) is 0 Å². The third-order valence-corrected chi connectivity index (χ3v) is 5.35. The number of benzene rings is 3. The largest absolute Gasteiger partial charge is 0.495 e. The van der Waals surface area contributed by atoms with E-state index >= 15 is 0 Å². The number of ether oxygens (including phenoxy) is 3. The number of nitrogens with zero attached hydrogens (tertiary/aromatic N) is 1. The monoisotopic (exact) mass is 448 g/mol. The summed E-state index contributed by atoms with van der Waals surface area (Å²) in [4.78, 5) is 18.0. The lowest BCUT2D eigenvalue weighted by Gasteiger charge is -2.13. The summed E-state index contributed by atoms with van der Waals surface area (Å²) in [5.41, 5.74) is 3.21. The summed E-state index contributed by atoms with van der Waals surface area (Å²) < 4.78 is 15.9. The Morgan fingerprint density at radius 2 is 1.56 bits per heavy atom. The molecule has 0 saturated heterocycles. The second kappa shape index (κ2) is 9.16. The number of fused-ring (bicyclic) bond motifs is 1. The number of nitrogens with one attached hydrogen (secondary N) is 1. The Labute approximate surface area is 190 Å². The van der Waals surface area contributed by atoms with Crippen LogP contribution in [0.15, 0.2) is 66.7 Å². The van der Waals surface area contributed by atoms with E-state index in [-0.39, 0.29) is 5.91 Å². The number of hydrogen-bond donors (Lipinski definition) is 1. The second-order valence-corrected chi connectivity index (χ2v) is 7.35. The molecule has 162 valence electrons. The molecule has 7 heteroatoms. The van der Waals surface area contributed by atoms with E-state index in [1.165, 1.54) is 7.11 Å². The Morgan fingerprint density at radius 3 is 2.28 bits per heavy atom. The highest BCUT2D eigenvalue weighted by Gasteiger charge is 2.16. The van der Waals surface area contributed by atoms with E-state index in [9.17, 15) is 4.79 Å². The lowest BCUT2D eigenvalue weighted by Crippen LogP contribution is -2.13.